The molecule has 1 aliphatic rings. The summed E-state index contributed by atoms with van der Waals surface area (Å²) in [6, 6.07) is 13.8. The molecule has 0 aliphatic carbocycles. The summed E-state index contributed by atoms with van der Waals surface area (Å²) in [5.41, 5.74) is 3.96. The van der Waals surface area contributed by atoms with Gasteiger partial charge in [0.25, 0.3) is 0 Å². The fourth-order valence-corrected chi connectivity index (χ4v) is 3.78. The molecule has 1 aliphatic heterocycles. The van der Waals surface area contributed by atoms with Gasteiger partial charge in [-0.15, -0.1) is 10.2 Å². The zero-order valence-electron chi connectivity index (χ0n) is 17.1. The number of carbonyl (C=O) groups excluding carboxylic acids is 1. The minimum absolute atomic E-state index is 0.0211. The first-order valence-corrected chi connectivity index (χ1v) is 10.00. The lowest BCUT2D eigenvalue weighted by Gasteiger charge is -2.31. The molecule has 4 rings (SSSR count). The van der Waals surface area contributed by atoms with E-state index in [1.807, 2.05) is 63.2 Å². The third-order valence-electron chi connectivity index (χ3n) is 5.46. The normalized spacial score (nSPS) is 14.8. The van der Waals surface area contributed by atoms with Gasteiger partial charge in [-0.3, -0.25) is 4.79 Å². The van der Waals surface area contributed by atoms with Crippen molar-refractivity contribution in [1.82, 2.24) is 20.0 Å². The molecule has 7 nitrogen and oxygen atoms in total. The largest absolute Gasteiger partial charge is 0.355 e. The lowest BCUT2D eigenvalue weighted by molar-refractivity contribution is -0.120. The van der Waals surface area contributed by atoms with E-state index in [9.17, 15) is 4.79 Å². The quantitative estimate of drug-likeness (QED) is 0.738. The minimum atomic E-state index is 0.0211. The predicted molar refractivity (Wildman–Crippen MR) is 113 cm³/mol. The molecule has 0 radical (unpaired) electrons. The van der Waals surface area contributed by atoms with Crippen LogP contribution in [0.1, 0.15) is 29.8 Å². The van der Waals surface area contributed by atoms with Crippen LogP contribution in [0.2, 0.25) is 0 Å². The van der Waals surface area contributed by atoms with Crippen molar-refractivity contribution in [2.75, 3.05) is 23.3 Å². The smallest absolute Gasteiger partial charge is 0.227 e. The number of piperidine rings is 1. The van der Waals surface area contributed by atoms with Gasteiger partial charge in [0.1, 0.15) is 0 Å². The molecule has 1 N–H and O–H groups in total. The van der Waals surface area contributed by atoms with Crippen LogP contribution in [0.4, 0.5) is 11.5 Å². The van der Waals surface area contributed by atoms with Crippen LogP contribution >= 0.6 is 0 Å². The maximum absolute atomic E-state index is 12.6. The van der Waals surface area contributed by atoms with Crippen LogP contribution < -0.4 is 10.2 Å². The zero-order valence-corrected chi connectivity index (χ0v) is 17.1. The number of para-hydroxylation sites is 1. The van der Waals surface area contributed by atoms with Crippen molar-refractivity contribution < 1.29 is 4.79 Å². The standard InChI is InChI=1S/C22H26N6O/c1-15-6-4-5-7-19(15)23-22(29)18-10-12-27(13-11-18)20-8-9-21(25-24-20)28-17(3)14-16(2)26-28/h4-9,14,18H,10-13H2,1-3H3,(H,23,29). The average Bonchev–Trinajstić information content (AvgIpc) is 3.08. The Hall–Kier alpha value is -3.22. The summed E-state index contributed by atoms with van der Waals surface area (Å²) in [4.78, 5) is 14.8. The Bertz CT molecular complexity index is 1000. The average molecular weight is 390 g/mol. The van der Waals surface area contributed by atoms with Crippen molar-refractivity contribution in [3.8, 4) is 5.82 Å². The first kappa shape index (κ1) is 19.1. The van der Waals surface area contributed by atoms with Gasteiger partial charge in [-0.25, -0.2) is 4.68 Å². The van der Waals surface area contributed by atoms with E-state index >= 15 is 0 Å². The van der Waals surface area contributed by atoms with Crippen LogP contribution in [0.5, 0.6) is 0 Å². The van der Waals surface area contributed by atoms with Gasteiger partial charge in [0.05, 0.1) is 5.69 Å². The van der Waals surface area contributed by atoms with E-state index in [4.69, 9.17) is 0 Å². The molecular formula is C22H26N6O. The lowest BCUT2D eigenvalue weighted by Crippen LogP contribution is -2.38. The number of carbonyl (C=O) groups is 1. The fraction of sp³-hybridized carbons (Fsp3) is 0.364. The van der Waals surface area contributed by atoms with Gasteiger partial charge >= 0.3 is 0 Å². The van der Waals surface area contributed by atoms with Crippen molar-refractivity contribution in [1.29, 1.82) is 0 Å². The highest BCUT2D eigenvalue weighted by Gasteiger charge is 2.26. The lowest BCUT2D eigenvalue weighted by atomic mass is 9.95. The Morgan fingerprint density at radius 2 is 1.69 bits per heavy atom. The Labute approximate surface area is 170 Å². The summed E-state index contributed by atoms with van der Waals surface area (Å²) in [5.74, 6) is 1.68. The van der Waals surface area contributed by atoms with E-state index in [1.54, 1.807) is 4.68 Å². The third kappa shape index (κ3) is 4.13. The van der Waals surface area contributed by atoms with E-state index in [1.165, 1.54) is 0 Å². The van der Waals surface area contributed by atoms with Crippen molar-refractivity contribution >= 4 is 17.4 Å². The molecule has 0 spiro atoms. The first-order chi connectivity index (χ1) is 14.0. The van der Waals surface area contributed by atoms with Crippen LogP contribution in [0.3, 0.4) is 0 Å². The highest BCUT2D eigenvalue weighted by atomic mass is 16.1. The highest BCUT2D eigenvalue weighted by Crippen LogP contribution is 2.24. The van der Waals surface area contributed by atoms with Crippen LogP contribution in [0.25, 0.3) is 5.82 Å². The van der Waals surface area contributed by atoms with Gasteiger partial charge in [-0.2, -0.15) is 5.10 Å². The Balaban J connectivity index is 1.36. The molecule has 0 bridgehead atoms. The fourth-order valence-electron chi connectivity index (χ4n) is 3.78. The van der Waals surface area contributed by atoms with E-state index in [2.05, 4.69) is 25.5 Å². The molecule has 3 heterocycles. The number of amides is 1. The van der Waals surface area contributed by atoms with Crippen LogP contribution in [-0.4, -0.2) is 39.0 Å². The van der Waals surface area contributed by atoms with Gasteiger partial charge in [-0.05, 0) is 63.4 Å². The second kappa shape index (κ2) is 8.03. The molecule has 1 aromatic carbocycles. The summed E-state index contributed by atoms with van der Waals surface area (Å²) in [6.45, 7) is 7.55. The van der Waals surface area contributed by atoms with E-state index in [0.29, 0.717) is 5.82 Å². The number of nitrogens with one attached hydrogen (secondary N) is 1. The predicted octanol–water partition coefficient (Wildman–Crippen LogP) is 3.44. The Morgan fingerprint density at radius 3 is 2.31 bits per heavy atom. The SMILES string of the molecule is Cc1cc(C)n(-c2ccc(N3CCC(C(=O)Nc4ccccc4C)CC3)nn2)n1. The summed E-state index contributed by atoms with van der Waals surface area (Å²) < 4.78 is 1.80. The summed E-state index contributed by atoms with van der Waals surface area (Å²) in [5, 5.41) is 16.3. The number of aromatic nitrogens is 4. The van der Waals surface area contributed by atoms with Crippen LogP contribution in [-0.2, 0) is 4.79 Å². The molecule has 1 saturated heterocycles. The van der Waals surface area contributed by atoms with Crippen molar-refractivity contribution in [3.05, 3.63) is 59.4 Å². The van der Waals surface area contributed by atoms with E-state index in [0.717, 1.165) is 54.4 Å². The monoisotopic (exact) mass is 390 g/mol. The van der Waals surface area contributed by atoms with Crippen LogP contribution in [0.15, 0.2) is 42.5 Å². The molecule has 0 atom stereocenters. The topological polar surface area (TPSA) is 75.9 Å². The second-order valence-electron chi connectivity index (χ2n) is 7.65. The summed E-state index contributed by atoms with van der Waals surface area (Å²) >= 11 is 0. The molecule has 0 unspecified atom stereocenters. The Kier molecular flexibility index (Phi) is 5.29. The number of rotatable bonds is 4. The van der Waals surface area contributed by atoms with E-state index < -0.39 is 0 Å². The zero-order chi connectivity index (χ0) is 20.4. The highest BCUT2D eigenvalue weighted by molar-refractivity contribution is 5.93. The van der Waals surface area contributed by atoms with Gasteiger partial charge in [0.2, 0.25) is 5.91 Å². The molecule has 1 fully saturated rings. The molecule has 150 valence electrons. The van der Waals surface area contributed by atoms with E-state index in [-0.39, 0.29) is 11.8 Å². The maximum Gasteiger partial charge on any atom is 0.227 e. The van der Waals surface area contributed by atoms with Gasteiger partial charge in [-0.1, -0.05) is 18.2 Å². The molecule has 3 aromatic rings. The summed E-state index contributed by atoms with van der Waals surface area (Å²) in [7, 11) is 0. The van der Waals surface area contributed by atoms with Gasteiger partial charge in [0.15, 0.2) is 11.6 Å². The Morgan fingerprint density at radius 1 is 1.00 bits per heavy atom. The second-order valence-corrected chi connectivity index (χ2v) is 7.65. The maximum atomic E-state index is 12.6. The number of nitrogens with zero attached hydrogens (tertiary/aromatic N) is 5. The molecular weight excluding hydrogens is 364 g/mol. The molecule has 2 aromatic heterocycles. The van der Waals surface area contributed by atoms with Crippen molar-refractivity contribution in [3.63, 3.8) is 0 Å². The van der Waals surface area contributed by atoms with Gasteiger partial charge < -0.3 is 10.2 Å². The number of hydrogen-bond donors (Lipinski definition) is 1. The third-order valence-corrected chi connectivity index (χ3v) is 5.46. The molecule has 1 amide bonds. The molecule has 7 heteroatoms. The number of hydrogen-bond acceptors (Lipinski definition) is 5. The van der Waals surface area contributed by atoms with Crippen molar-refractivity contribution in [2.45, 2.75) is 33.6 Å². The van der Waals surface area contributed by atoms with Crippen LogP contribution in [0, 0.1) is 26.7 Å². The minimum Gasteiger partial charge on any atom is -0.355 e. The molecule has 29 heavy (non-hydrogen) atoms. The van der Waals surface area contributed by atoms with Crippen molar-refractivity contribution in [2.24, 2.45) is 5.92 Å². The molecule has 0 saturated carbocycles. The van der Waals surface area contributed by atoms with Gasteiger partial charge in [0, 0.05) is 30.4 Å². The summed E-state index contributed by atoms with van der Waals surface area (Å²) in [6.07, 6.45) is 1.61. The number of aryl methyl sites for hydroxylation is 3. The number of anilines is 2. The number of benzene rings is 1. The first-order valence-electron chi connectivity index (χ1n) is 10.00.